The van der Waals surface area contributed by atoms with Crippen LogP contribution in [0.2, 0.25) is 10.0 Å². The molecule has 0 aromatic heterocycles. The highest BCUT2D eigenvalue weighted by Crippen LogP contribution is 2.39. The van der Waals surface area contributed by atoms with Gasteiger partial charge >= 0.3 is 0 Å². The SMILES string of the molecule is COc1cc(C(N)CCO)cc(Br)c1OCc1ccc(Cl)c(Cl)c1.Cl. The number of hydrogen-bond acceptors (Lipinski definition) is 4. The van der Waals surface area contributed by atoms with Crippen molar-refractivity contribution in [2.24, 2.45) is 5.73 Å². The van der Waals surface area contributed by atoms with E-state index in [9.17, 15) is 0 Å². The molecule has 0 heterocycles. The third-order valence-corrected chi connectivity index (χ3v) is 4.82. The normalized spacial score (nSPS) is 11.6. The number of rotatable bonds is 7. The average molecular weight is 472 g/mol. The number of aliphatic hydroxyl groups excluding tert-OH is 1. The van der Waals surface area contributed by atoms with Gasteiger partial charge in [-0.25, -0.2) is 0 Å². The number of hydrogen-bond donors (Lipinski definition) is 2. The topological polar surface area (TPSA) is 64.7 Å². The summed E-state index contributed by atoms with van der Waals surface area (Å²) in [4.78, 5) is 0. The monoisotopic (exact) mass is 469 g/mol. The highest BCUT2D eigenvalue weighted by molar-refractivity contribution is 9.10. The summed E-state index contributed by atoms with van der Waals surface area (Å²) >= 11 is 15.4. The second kappa shape index (κ2) is 10.5. The summed E-state index contributed by atoms with van der Waals surface area (Å²) in [5.41, 5.74) is 7.78. The predicted molar refractivity (Wildman–Crippen MR) is 107 cm³/mol. The lowest BCUT2D eigenvalue weighted by Gasteiger charge is -2.17. The third kappa shape index (κ3) is 5.91. The van der Waals surface area contributed by atoms with Gasteiger partial charge in [-0.1, -0.05) is 29.3 Å². The molecule has 4 nitrogen and oxygen atoms in total. The molecule has 0 radical (unpaired) electrons. The lowest BCUT2D eigenvalue weighted by atomic mass is 10.0. The maximum atomic E-state index is 9.03. The van der Waals surface area contributed by atoms with Crippen molar-refractivity contribution < 1.29 is 14.6 Å². The number of nitrogens with two attached hydrogens (primary N) is 1. The second-order valence-corrected chi connectivity index (χ2v) is 6.86. The molecule has 25 heavy (non-hydrogen) atoms. The summed E-state index contributed by atoms with van der Waals surface area (Å²) in [5.74, 6) is 1.14. The van der Waals surface area contributed by atoms with Gasteiger partial charge < -0.3 is 20.3 Å². The van der Waals surface area contributed by atoms with Gasteiger partial charge in [-0.05, 0) is 57.7 Å². The van der Waals surface area contributed by atoms with E-state index >= 15 is 0 Å². The highest BCUT2D eigenvalue weighted by atomic mass is 79.9. The van der Waals surface area contributed by atoms with E-state index in [2.05, 4.69) is 15.9 Å². The number of ether oxygens (including phenoxy) is 2. The molecule has 2 rings (SSSR count). The highest BCUT2D eigenvalue weighted by Gasteiger charge is 2.15. The fourth-order valence-corrected chi connectivity index (χ4v) is 3.08. The summed E-state index contributed by atoms with van der Waals surface area (Å²) < 4.78 is 12.0. The van der Waals surface area contributed by atoms with Crippen molar-refractivity contribution in [3.8, 4) is 11.5 Å². The maximum absolute atomic E-state index is 9.03. The third-order valence-electron chi connectivity index (χ3n) is 3.49. The Hall–Kier alpha value is -0.690. The van der Waals surface area contributed by atoms with Gasteiger partial charge in [0.1, 0.15) is 6.61 Å². The molecule has 0 aliphatic rings. The number of halogens is 4. The molecule has 138 valence electrons. The number of methoxy groups -OCH3 is 1. The van der Waals surface area contributed by atoms with Crippen molar-refractivity contribution in [2.75, 3.05) is 13.7 Å². The van der Waals surface area contributed by atoms with Crippen LogP contribution in [0.15, 0.2) is 34.8 Å². The van der Waals surface area contributed by atoms with E-state index < -0.39 is 0 Å². The van der Waals surface area contributed by atoms with Crippen LogP contribution in [0.4, 0.5) is 0 Å². The van der Waals surface area contributed by atoms with Gasteiger partial charge in [-0.3, -0.25) is 0 Å². The van der Waals surface area contributed by atoms with Crippen LogP contribution >= 0.6 is 51.5 Å². The second-order valence-electron chi connectivity index (χ2n) is 5.19. The minimum Gasteiger partial charge on any atom is -0.493 e. The lowest BCUT2D eigenvalue weighted by Crippen LogP contribution is -2.12. The Morgan fingerprint density at radius 3 is 2.52 bits per heavy atom. The quantitative estimate of drug-likeness (QED) is 0.586. The van der Waals surface area contributed by atoms with Gasteiger partial charge in [0.15, 0.2) is 11.5 Å². The zero-order chi connectivity index (χ0) is 17.7. The van der Waals surface area contributed by atoms with Crippen molar-refractivity contribution >= 4 is 51.5 Å². The molecule has 0 amide bonds. The van der Waals surface area contributed by atoms with Gasteiger partial charge in [-0.15, -0.1) is 12.4 Å². The molecule has 0 bridgehead atoms. The van der Waals surface area contributed by atoms with Gasteiger partial charge in [0.2, 0.25) is 0 Å². The van der Waals surface area contributed by atoms with Gasteiger partial charge in [0, 0.05) is 12.6 Å². The summed E-state index contributed by atoms with van der Waals surface area (Å²) in [5, 5.41) is 10.0. The predicted octanol–water partition coefficient (Wildman–Crippen LogP) is 5.15. The molecule has 0 saturated heterocycles. The fraction of sp³-hybridized carbons (Fsp3) is 0.294. The standard InChI is InChI=1S/C17H18BrCl2NO3.ClH/c1-23-16-8-11(15(21)4-5-22)7-12(18)17(16)24-9-10-2-3-13(19)14(20)6-10;/h2-3,6-8,15,22H,4-5,9,21H2,1H3;1H. The van der Waals surface area contributed by atoms with E-state index in [4.69, 9.17) is 43.5 Å². The molecule has 2 aromatic rings. The van der Waals surface area contributed by atoms with Crippen LogP contribution in [-0.4, -0.2) is 18.8 Å². The number of benzene rings is 2. The molecule has 2 aromatic carbocycles. The molecular formula is C17H19BrCl3NO3. The minimum atomic E-state index is -0.274. The summed E-state index contributed by atoms with van der Waals surface area (Å²) in [6.45, 7) is 0.338. The molecule has 0 fully saturated rings. The van der Waals surface area contributed by atoms with E-state index in [1.165, 1.54) is 0 Å². The molecule has 0 aliphatic heterocycles. The Labute approximate surface area is 171 Å². The average Bonchev–Trinajstić information content (AvgIpc) is 2.56. The fourth-order valence-electron chi connectivity index (χ4n) is 2.18. The minimum absolute atomic E-state index is 0. The molecular weight excluding hydrogens is 452 g/mol. The Morgan fingerprint density at radius 2 is 1.92 bits per heavy atom. The molecule has 1 atom stereocenters. The maximum Gasteiger partial charge on any atom is 0.175 e. The molecule has 1 unspecified atom stereocenters. The van der Waals surface area contributed by atoms with Crippen molar-refractivity contribution in [1.82, 2.24) is 0 Å². The Kier molecular flexibility index (Phi) is 9.35. The van der Waals surface area contributed by atoms with Gasteiger partial charge in [0.05, 0.1) is 21.6 Å². The van der Waals surface area contributed by atoms with Crippen LogP contribution in [0.5, 0.6) is 11.5 Å². The van der Waals surface area contributed by atoms with Gasteiger partial charge in [0.25, 0.3) is 0 Å². The van der Waals surface area contributed by atoms with E-state index in [1.807, 2.05) is 18.2 Å². The molecule has 0 aliphatic carbocycles. The number of aliphatic hydroxyl groups is 1. The van der Waals surface area contributed by atoms with Crippen LogP contribution in [-0.2, 0) is 6.61 Å². The van der Waals surface area contributed by atoms with E-state index in [-0.39, 0.29) is 25.1 Å². The van der Waals surface area contributed by atoms with Crippen LogP contribution in [0, 0.1) is 0 Å². The summed E-state index contributed by atoms with van der Waals surface area (Å²) in [7, 11) is 1.56. The van der Waals surface area contributed by atoms with E-state index in [0.717, 1.165) is 15.6 Å². The summed E-state index contributed by atoms with van der Waals surface area (Å²) in [6.07, 6.45) is 0.471. The Balaban J connectivity index is 0.00000312. The first kappa shape index (κ1) is 22.4. The molecule has 0 saturated carbocycles. The van der Waals surface area contributed by atoms with Crippen LogP contribution < -0.4 is 15.2 Å². The van der Waals surface area contributed by atoms with Crippen molar-refractivity contribution in [3.05, 3.63) is 56.0 Å². The van der Waals surface area contributed by atoms with E-state index in [1.54, 1.807) is 19.2 Å². The van der Waals surface area contributed by atoms with Crippen molar-refractivity contribution in [2.45, 2.75) is 19.1 Å². The zero-order valence-electron chi connectivity index (χ0n) is 13.5. The van der Waals surface area contributed by atoms with Crippen LogP contribution in [0.3, 0.4) is 0 Å². The van der Waals surface area contributed by atoms with Gasteiger partial charge in [-0.2, -0.15) is 0 Å². The zero-order valence-corrected chi connectivity index (χ0v) is 17.4. The largest absolute Gasteiger partial charge is 0.493 e. The molecule has 3 N–H and O–H groups in total. The van der Waals surface area contributed by atoms with Crippen molar-refractivity contribution in [3.63, 3.8) is 0 Å². The first-order chi connectivity index (χ1) is 11.5. The summed E-state index contributed by atoms with van der Waals surface area (Å²) in [6, 6.07) is 8.74. The molecule has 8 heteroatoms. The smallest absolute Gasteiger partial charge is 0.175 e. The first-order valence-corrected chi connectivity index (χ1v) is 8.81. The Bertz CT molecular complexity index is 716. The first-order valence-electron chi connectivity index (χ1n) is 7.26. The lowest BCUT2D eigenvalue weighted by molar-refractivity contribution is 0.274. The van der Waals surface area contributed by atoms with Crippen LogP contribution in [0.25, 0.3) is 0 Å². The van der Waals surface area contributed by atoms with Crippen molar-refractivity contribution in [1.29, 1.82) is 0 Å². The van der Waals surface area contributed by atoms with E-state index in [0.29, 0.717) is 34.6 Å². The molecule has 0 spiro atoms. The van der Waals surface area contributed by atoms with Crippen LogP contribution in [0.1, 0.15) is 23.6 Å². The Morgan fingerprint density at radius 1 is 1.20 bits per heavy atom.